The summed E-state index contributed by atoms with van der Waals surface area (Å²) in [5.41, 5.74) is -2.24. The van der Waals surface area contributed by atoms with Crippen LogP contribution < -0.4 is 0 Å². The number of nitrogens with zero attached hydrogens (tertiary/aromatic N) is 4. The van der Waals surface area contributed by atoms with E-state index in [1.807, 2.05) is 6.92 Å². The van der Waals surface area contributed by atoms with Gasteiger partial charge in [-0.2, -0.15) is 39.5 Å². The molecule has 0 unspecified atom stereocenters. The first-order valence-corrected chi connectivity index (χ1v) is 11.8. The molecule has 3 aromatic rings. The second-order valence-corrected chi connectivity index (χ2v) is 8.36. The molecule has 1 aliphatic heterocycles. The Morgan fingerprint density at radius 1 is 0.805 bits per heavy atom. The Morgan fingerprint density at radius 3 is 1.90 bits per heavy atom. The molecule has 2 aromatic carbocycles. The number of aryl methyl sites for hydroxylation is 1. The summed E-state index contributed by atoms with van der Waals surface area (Å²) in [5.74, 6) is 0.736. The van der Waals surface area contributed by atoms with Gasteiger partial charge in [-0.25, -0.2) is 9.98 Å². The second-order valence-electron chi connectivity index (χ2n) is 8.36. The molecule has 0 spiro atoms. The van der Waals surface area contributed by atoms with Crippen LogP contribution in [0.5, 0.6) is 0 Å². The zero-order chi connectivity index (χ0) is 30.6. The third-order valence-corrected chi connectivity index (χ3v) is 5.55. The minimum atomic E-state index is -4.93. The van der Waals surface area contributed by atoms with Gasteiger partial charge in [0.2, 0.25) is 0 Å². The van der Waals surface area contributed by atoms with Crippen LogP contribution in [0.3, 0.4) is 0 Å². The van der Waals surface area contributed by atoms with Gasteiger partial charge in [0.15, 0.2) is 5.84 Å². The number of amidine groups is 1. The minimum absolute atomic E-state index is 0.0790. The Bertz CT molecular complexity index is 1490. The van der Waals surface area contributed by atoms with Gasteiger partial charge in [0.05, 0.1) is 22.4 Å². The number of aromatic nitrogens is 1. The van der Waals surface area contributed by atoms with Crippen LogP contribution in [0.15, 0.2) is 79.8 Å². The van der Waals surface area contributed by atoms with E-state index in [9.17, 15) is 39.5 Å². The van der Waals surface area contributed by atoms with Gasteiger partial charge in [0.1, 0.15) is 17.2 Å². The number of alkyl halides is 9. The molecule has 0 saturated carbocycles. The van der Waals surface area contributed by atoms with Crippen LogP contribution in [0.25, 0.3) is 11.3 Å². The quantitative estimate of drug-likeness (QED) is 0.227. The number of hydrogen-bond donors (Lipinski definition) is 0. The third-order valence-electron chi connectivity index (χ3n) is 5.55. The zero-order valence-corrected chi connectivity index (χ0v) is 21.6. The van der Waals surface area contributed by atoms with E-state index in [-0.39, 0.29) is 11.8 Å². The van der Waals surface area contributed by atoms with E-state index in [2.05, 4.69) is 20.1 Å². The molecule has 4 rings (SSSR count). The third kappa shape index (κ3) is 7.70. The molecule has 0 fully saturated rings. The van der Waals surface area contributed by atoms with Gasteiger partial charge in [0.25, 0.3) is 0 Å². The Morgan fingerprint density at radius 2 is 1.41 bits per heavy atom. The monoisotopic (exact) mass is 588 g/mol. The van der Waals surface area contributed by atoms with E-state index < -0.39 is 40.8 Å². The highest BCUT2D eigenvalue weighted by Gasteiger charge is 2.39. The number of benzene rings is 2. The van der Waals surface area contributed by atoms with Gasteiger partial charge >= 0.3 is 18.5 Å². The molecular formula is C27H21F9N4O. The Labute approximate surface area is 227 Å². The fourth-order valence-corrected chi connectivity index (χ4v) is 3.52. The summed E-state index contributed by atoms with van der Waals surface area (Å²) < 4.78 is 119. The summed E-state index contributed by atoms with van der Waals surface area (Å²) in [4.78, 5) is 12.4. The lowest BCUT2D eigenvalue weighted by Crippen LogP contribution is -2.12. The van der Waals surface area contributed by atoms with Crippen molar-refractivity contribution in [3.05, 3.63) is 88.3 Å². The lowest BCUT2D eigenvalue weighted by Gasteiger charge is -2.14. The van der Waals surface area contributed by atoms with Crippen LogP contribution >= 0.6 is 0 Å². The minimum Gasteiger partial charge on any atom is -0.361 e. The summed E-state index contributed by atoms with van der Waals surface area (Å²) in [5, 5.41) is 3.47. The molecule has 1 aromatic heterocycles. The summed E-state index contributed by atoms with van der Waals surface area (Å²) in [6, 6.07) is 7.47. The number of aliphatic imine (C=N–C) groups is 3. The van der Waals surface area contributed by atoms with Gasteiger partial charge in [0, 0.05) is 36.9 Å². The highest BCUT2D eigenvalue weighted by molar-refractivity contribution is 6.42. The van der Waals surface area contributed by atoms with Crippen LogP contribution in [0, 0.1) is 0 Å². The molecular weight excluding hydrogens is 567 g/mol. The van der Waals surface area contributed by atoms with E-state index in [4.69, 9.17) is 4.52 Å². The highest BCUT2D eigenvalue weighted by Crippen LogP contribution is 2.40. The Hall–Kier alpha value is -4.23. The molecule has 0 N–H and O–H groups in total. The van der Waals surface area contributed by atoms with Crippen LogP contribution in [0.2, 0.25) is 0 Å². The largest absolute Gasteiger partial charge is 0.417 e. The van der Waals surface area contributed by atoms with E-state index in [1.54, 1.807) is 26.3 Å². The average molecular weight is 588 g/mol. The predicted octanol–water partition coefficient (Wildman–Crippen LogP) is 8.45. The molecule has 0 bridgehead atoms. The van der Waals surface area contributed by atoms with Crippen LogP contribution in [0.4, 0.5) is 39.5 Å². The summed E-state index contributed by atoms with van der Waals surface area (Å²) in [6.45, 7) is 3.52. The molecule has 218 valence electrons. The van der Waals surface area contributed by atoms with Gasteiger partial charge in [-0.05, 0) is 31.2 Å². The van der Waals surface area contributed by atoms with Crippen molar-refractivity contribution in [2.24, 2.45) is 15.0 Å². The van der Waals surface area contributed by atoms with Crippen molar-refractivity contribution in [3.8, 4) is 11.3 Å². The van der Waals surface area contributed by atoms with E-state index in [1.165, 1.54) is 18.2 Å². The molecule has 0 radical (unpaired) electrons. The maximum Gasteiger partial charge on any atom is 0.417 e. The van der Waals surface area contributed by atoms with Gasteiger partial charge < -0.3 is 4.52 Å². The molecule has 41 heavy (non-hydrogen) atoms. The Balaban J connectivity index is 0.000000226. The van der Waals surface area contributed by atoms with E-state index >= 15 is 0 Å². The summed E-state index contributed by atoms with van der Waals surface area (Å²) >= 11 is 0. The molecule has 14 heteroatoms. The van der Waals surface area contributed by atoms with Crippen LogP contribution in [0.1, 0.15) is 41.9 Å². The Kier molecular flexibility index (Phi) is 9.24. The lowest BCUT2D eigenvalue weighted by molar-refractivity contribution is -0.143. The lowest BCUT2D eigenvalue weighted by atomic mass is 10.0. The fourth-order valence-electron chi connectivity index (χ4n) is 3.52. The van der Waals surface area contributed by atoms with Crippen LogP contribution in [-0.4, -0.2) is 30.0 Å². The van der Waals surface area contributed by atoms with Crippen LogP contribution in [-0.2, 0) is 24.9 Å². The first kappa shape index (κ1) is 31.3. The zero-order valence-electron chi connectivity index (χ0n) is 21.6. The van der Waals surface area contributed by atoms with Crippen molar-refractivity contribution in [1.82, 2.24) is 5.16 Å². The summed E-state index contributed by atoms with van der Waals surface area (Å²) in [7, 11) is 1.62. The first-order valence-electron chi connectivity index (χ1n) is 11.8. The number of rotatable bonds is 4. The number of allylic oxidation sites excluding steroid dienone is 2. The van der Waals surface area contributed by atoms with Gasteiger partial charge in [-0.3, -0.25) is 4.99 Å². The van der Waals surface area contributed by atoms with E-state index in [0.717, 1.165) is 18.2 Å². The standard InChI is InChI=1S/C14H12F3N3.C13H9F6NO/c1-3-11-12(8-18-2)20-13(19-11)9-4-6-10(7-5-9)14(15,16)17;1-2-8-6-11(20-21-8)9-4-3-7(12(14,15)16)5-10(9)13(17,18)19/h3-8H,1-2H3;3-6H,2H2,1H3/b11-3+,18-8?;. The van der Waals surface area contributed by atoms with Crippen molar-refractivity contribution in [3.63, 3.8) is 0 Å². The van der Waals surface area contributed by atoms with Crippen molar-refractivity contribution in [1.29, 1.82) is 0 Å². The molecule has 1 aliphatic rings. The predicted molar refractivity (Wildman–Crippen MR) is 135 cm³/mol. The van der Waals surface area contributed by atoms with Crippen molar-refractivity contribution in [2.75, 3.05) is 7.05 Å². The van der Waals surface area contributed by atoms with Gasteiger partial charge in [-0.15, -0.1) is 0 Å². The van der Waals surface area contributed by atoms with Crippen molar-refractivity contribution >= 4 is 17.8 Å². The van der Waals surface area contributed by atoms with Gasteiger partial charge in [-0.1, -0.05) is 36.4 Å². The molecule has 0 aliphatic carbocycles. The number of halogens is 9. The first-order chi connectivity index (χ1) is 19.1. The molecule has 5 nitrogen and oxygen atoms in total. The molecule has 2 heterocycles. The normalized spacial score (nSPS) is 15.2. The highest BCUT2D eigenvalue weighted by atomic mass is 19.4. The molecule has 0 atom stereocenters. The molecule has 0 amide bonds. The topological polar surface area (TPSA) is 63.1 Å². The number of hydrogen-bond acceptors (Lipinski definition) is 5. The van der Waals surface area contributed by atoms with Crippen molar-refractivity contribution < 1.29 is 44.0 Å². The average Bonchev–Trinajstić information content (AvgIpc) is 3.55. The fraction of sp³-hybridized carbons (Fsp3) is 0.259. The smallest absolute Gasteiger partial charge is 0.361 e. The van der Waals surface area contributed by atoms with Crippen molar-refractivity contribution in [2.45, 2.75) is 38.8 Å². The maximum absolute atomic E-state index is 13.0. The molecule has 0 saturated heterocycles. The summed E-state index contributed by atoms with van der Waals surface area (Å²) in [6.07, 6.45) is -10.4. The maximum atomic E-state index is 13.0. The second kappa shape index (κ2) is 12.1. The van der Waals surface area contributed by atoms with E-state index in [0.29, 0.717) is 41.1 Å². The SMILES string of the molecule is C/C=C1/N=C(c2ccc(C(F)(F)F)cc2)N=C1C=NC.CCc1cc(-c2ccc(C(F)(F)F)cc2C(F)(F)F)no1.